The van der Waals surface area contributed by atoms with Crippen LogP contribution < -0.4 is 15.6 Å². The molecule has 0 radical (unpaired) electrons. The summed E-state index contributed by atoms with van der Waals surface area (Å²) in [7, 11) is 0. The maximum absolute atomic E-state index is 12.8. The van der Waals surface area contributed by atoms with Gasteiger partial charge in [-0.2, -0.15) is 0 Å². The molecule has 0 bridgehead atoms. The largest absolute Gasteiger partial charge is 0.494 e. The SMILES string of the molecule is CCOc1ccc(/C=C(\C(=O)NCC2CCCO2)n2ccccc2=O)cc1. The van der Waals surface area contributed by atoms with E-state index in [9.17, 15) is 9.59 Å². The number of benzene rings is 1. The lowest BCUT2D eigenvalue weighted by Crippen LogP contribution is -2.35. The van der Waals surface area contributed by atoms with E-state index in [0.29, 0.717) is 13.2 Å². The van der Waals surface area contributed by atoms with Crippen LogP contribution in [-0.2, 0) is 9.53 Å². The molecule has 1 amide bonds. The van der Waals surface area contributed by atoms with E-state index in [1.165, 1.54) is 10.6 Å². The maximum atomic E-state index is 12.8. The van der Waals surface area contributed by atoms with Gasteiger partial charge in [0, 0.05) is 25.4 Å². The van der Waals surface area contributed by atoms with Crippen molar-refractivity contribution in [1.82, 2.24) is 9.88 Å². The molecule has 6 heteroatoms. The van der Waals surface area contributed by atoms with E-state index < -0.39 is 0 Å². The number of aromatic nitrogens is 1. The number of rotatable bonds is 7. The van der Waals surface area contributed by atoms with Crippen LogP contribution in [0.3, 0.4) is 0 Å². The fraction of sp³-hybridized carbons (Fsp3) is 0.333. The van der Waals surface area contributed by atoms with Gasteiger partial charge < -0.3 is 14.8 Å². The Morgan fingerprint density at radius 2 is 2.11 bits per heavy atom. The van der Waals surface area contributed by atoms with Crippen LogP contribution in [0, 0.1) is 0 Å². The summed E-state index contributed by atoms with van der Waals surface area (Å²) in [6.07, 6.45) is 5.26. The molecule has 1 aliphatic rings. The van der Waals surface area contributed by atoms with Crippen LogP contribution >= 0.6 is 0 Å². The molecule has 0 saturated carbocycles. The lowest BCUT2D eigenvalue weighted by Gasteiger charge is -2.14. The molecule has 1 saturated heterocycles. The summed E-state index contributed by atoms with van der Waals surface area (Å²) in [5.41, 5.74) is 0.807. The second-order valence-electron chi connectivity index (χ2n) is 6.29. The van der Waals surface area contributed by atoms with Crippen LogP contribution in [0.4, 0.5) is 0 Å². The van der Waals surface area contributed by atoms with Crippen LogP contribution in [0.5, 0.6) is 5.75 Å². The van der Waals surface area contributed by atoms with Gasteiger partial charge in [0.05, 0.1) is 12.7 Å². The van der Waals surface area contributed by atoms with Gasteiger partial charge in [-0.1, -0.05) is 18.2 Å². The molecule has 2 heterocycles. The van der Waals surface area contributed by atoms with Crippen LogP contribution in [0.25, 0.3) is 11.8 Å². The number of nitrogens with one attached hydrogen (secondary N) is 1. The minimum absolute atomic E-state index is 0.0353. The maximum Gasteiger partial charge on any atom is 0.268 e. The van der Waals surface area contributed by atoms with Gasteiger partial charge in [0.15, 0.2) is 0 Å². The van der Waals surface area contributed by atoms with E-state index >= 15 is 0 Å². The molecule has 3 rings (SSSR count). The van der Waals surface area contributed by atoms with Gasteiger partial charge in [-0.25, -0.2) is 0 Å². The molecule has 1 atom stereocenters. The fourth-order valence-electron chi connectivity index (χ4n) is 2.96. The third-order valence-electron chi connectivity index (χ3n) is 4.32. The van der Waals surface area contributed by atoms with Crippen molar-refractivity contribution in [3.8, 4) is 5.75 Å². The zero-order valence-corrected chi connectivity index (χ0v) is 15.4. The molecule has 1 N–H and O–H groups in total. The third kappa shape index (κ3) is 5.08. The monoisotopic (exact) mass is 368 g/mol. The molecule has 0 spiro atoms. The molecule has 27 heavy (non-hydrogen) atoms. The number of amides is 1. The molecule has 0 aliphatic carbocycles. The van der Waals surface area contributed by atoms with Gasteiger partial charge in [0.25, 0.3) is 11.5 Å². The lowest BCUT2D eigenvalue weighted by atomic mass is 10.1. The Labute approximate surface area is 158 Å². The molecule has 142 valence electrons. The Morgan fingerprint density at radius 3 is 2.78 bits per heavy atom. The van der Waals surface area contributed by atoms with Gasteiger partial charge in [0.1, 0.15) is 11.4 Å². The first-order valence-electron chi connectivity index (χ1n) is 9.20. The Hall–Kier alpha value is -2.86. The van der Waals surface area contributed by atoms with Crippen molar-refractivity contribution in [2.75, 3.05) is 19.8 Å². The number of hydrogen-bond acceptors (Lipinski definition) is 4. The Kier molecular flexibility index (Phi) is 6.44. The molecule has 1 unspecified atom stereocenters. The van der Waals surface area contributed by atoms with Crippen LogP contribution in [0.1, 0.15) is 25.3 Å². The summed E-state index contributed by atoms with van der Waals surface area (Å²) in [4.78, 5) is 25.1. The van der Waals surface area contributed by atoms with Gasteiger partial charge in [-0.15, -0.1) is 0 Å². The van der Waals surface area contributed by atoms with Crippen molar-refractivity contribution in [3.63, 3.8) is 0 Å². The standard InChI is InChI=1S/C21H24N2O4/c1-2-26-17-10-8-16(9-11-17)14-19(23-12-4-3-7-20(23)24)21(25)22-15-18-6-5-13-27-18/h3-4,7-12,14,18H,2,5-6,13,15H2,1H3,(H,22,25)/b19-14+. The van der Waals surface area contributed by atoms with Crippen molar-refractivity contribution in [2.24, 2.45) is 0 Å². The number of ether oxygens (including phenoxy) is 2. The summed E-state index contributed by atoms with van der Waals surface area (Å²) in [5, 5.41) is 2.89. The smallest absolute Gasteiger partial charge is 0.268 e. The van der Waals surface area contributed by atoms with Gasteiger partial charge in [-0.3, -0.25) is 14.2 Å². The molecule has 1 aromatic carbocycles. The summed E-state index contributed by atoms with van der Waals surface area (Å²) in [6, 6.07) is 12.2. The highest BCUT2D eigenvalue weighted by Gasteiger charge is 2.19. The number of carbonyl (C=O) groups is 1. The molecule has 2 aromatic rings. The highest BCUT2D eigenvalue weighted by atomic mass is 16.5. The summed E-state index contributed by atoms with van der Waals surface area (Å²) in [5.74, 6) is 0.448. The highest BCUT2D eigenvalue weighted by Crippen LogP contribution is 2.16. The Balaban J connectivity index is 1.85. The zero-order chi connectivity index (χ0) is 19.1. The summed E-state index contributed by atoms with van der Waals surface area (Å²) < 4.78 is 12.3. The molecule has 1 aromatic heterocycles. The second kappa shape index (κ2) is 9.19. The van der Waals surface area contributed by atoms with E-state index in [-0.39, 0.29) is 23.3 Å². The number of pyridine rings is 1. The average molecular weight is 368 g/mol. The van der Waals surface area contributed by atoms with E-state index in [4.69, 9.17) is 9.47 Å². The van der Waals surface area contributed by atoms with Crippen LogP contribution in [0.15, 0.2) is 53.5 Å². The van der Waals surface area contributed by atoms with Crippen molar-refractivity contribution in [2.45, 2.75) is 25.9 Å². The summed E-state index contributed by atoms with van der Waals surface area (Å²) in [6.45, 7) is 3.67. The fourth-order valence-corrected chi connectivity index (χ4v) is 2.96. The minimum Gasteiger partial charge on any atom is -0.494 e. The van der Waals surface area contributed by atoms with E-state index in [1.807, 2.05) is 31.2 Å². The Bertz CT molecular complexity index is 849. The number of hydrogen-bond donors (Lipinski definition) is 1. The van der Waals surface area contributed by atoms with Crippen LogP contribution in [-0.4, -0.2) is 36.3 Å². The third-order valence-corrected chi connectivity index (χ3v) is 4.32. The predicted octanol–water partition coefficient (Wildman–Crippen LogP) is 2.54. The normalized spacial score (nSPS) is 16.9. The average Bonchev–Trinajstić information content (AvgIpc) is 3.20. The molecular formula is C21H24N2O4. The summed E-state index contributed by atoms with van der Waals surface area (Å²) >= 11 is 0. The molecular weight excluding hydrogens is 344 g/mol. The van der Waals surface area contributed by atoms with Gasteiger partial charge in [-0.05, 0) is 49.6 Å². The Morgan fingerprint density at radius 1 is 1.30 bits per heavy atom. The van der Waals surface area contributed by atoms with E-state index in [1.54, 1.807) is 24.4 Å². The van der Waals surface area contributed by atoms with E-state index in [0.717, 1.165) is 30.8 Å². The minimum atomic E-state index is -0.312. The molecule has 1 fully saturated rings. The quantitative estimate of drug-likeness (QED) is 0.763. The first-order chi connectivity index (χ1) is 13.2. The molecule has 6 nitrogen and oxygen atoms in total. The van der Waals surface area contributed by atoms with E-state index in [2.05, 4.69) is 5.32 Å². The first-order valence-corrected chi connectivity index (χ1v) is 9.20. The second-order valence-corrected chi connectivity index (χ2v) is 6.29. The highest BCUT2D eigenvalue weighted by molar-refractivity contribution is 6.18. The predicted molar refractivity (Wildman–Crippen MR) is 104 cm³/mol. The van der Waals surface area contributed by atoms with Crippen molar-refractivity contribution in [3.05, 3.63) is 64.6 Å². The van der Waals surface area contributed by atoms with Gasteiger partial charge in [0.2, 0.25) is 0 Å². The van der Waals surface area contributed by atoms with Crippen molar-refractivity contribution in [1.29, 1.82) is 0 Å². The lowest BCUT2D eigenvalue weighted by molar-refractivity contribution is -0.116. The van der Waals surface area contributed by atoms with Crippen molar-refractivity contribution >= 4 is 17.7 Å². The first kappa shape index (κ1) is 18.9. The zero-order valence-electron chi connectivity index (χ0n) is 15.4. The van der Waals surface area contributed by atoms with Crippen molar-refractivity contribution < 1.29 is 14.3 Å². The van der Waals surface area contributed by atoms with Crippen LogP contribution in [0.2, 0.25) is 0 Å². The molecule has 1 aliphatic heterocycles. The number of carbonyl (C=O) groups excluding carboxylic acids is 1. The van der Waals surface area contributed by atoms with Gasteiger partial charge >= 0.3 is 0 Å². The topological polar surface area (TPSA) is 69.6 Å². The number of nitrogens with zero attached hydrogens (tertiary/aromatic N) is 1.